The highest BCUT2D eigenvalue weighted by Crippen LogP contribution is 2.21. The predicted molar refractivity (Wildman–Crippen MR) is 139 cm³/mol. The standard InChI is InChI=1S/C26H32N6O4S/c1-37(35,36)22-6-2-19(3-7-22)4-9-25(33)31-12-10-21(11-13-31)30-14-16-32(17-15-30)26(34)20-5-8-23-24(18-20)28-29-27-23/h2-3,5-8,18,21H,4,9-17H2,1H3,(H,27,28,29). The number of nitrogens with zero attached hydrogens (tertiary/aromatic N) is 5. The highest BCUT2D eigenvalue weighted by Gasteiger charge is 2.30. The number of aromatic amines is 1. The van der Waals surface area contributed by atoms with Crippen LogP contribution in [-0.2, 0) is 21.1 Å². The number of hydrogen-bond acceptors (Lipinski definition) is 7. The lowest BCUT2D eigenvalue weighted by Crippen LogP contribution is -2.54. The van der Waals surface area contributed by atoms with E-state index in [2.05, 4.69) is 20.3 Å². The summed E-state index contributed by atoms with van der Waals surface area (Å²) in [6, 6.07) is 12.6. The third kappa shape index (κ3) is 5.83. The van der Waals surface area contributed by atoms with Gasteiger partial charge in [0.1, 0.15) is 5.52 Å². The van der Waals surface area contributed by atoms with Crippen LogP contribution in [0.2, 0.25) is 0 Å². The monoisotopic (exact) mass is 524 g/mol. The molecule has 2 aromatic carbocycles. The summed E-state index contributed by atoms with van der Waals surface area (Å²) in [5, 5.41) is 10.6. The summed E-state index contributed by atoms with van der Waals surface area (Å²) < 4.78 is 23.2. The number of aromatic nitrogens is 3. The van der Waals surface area contributed by atoms with Crippen molar-refractivity contribution in [2.75, 3.05) is 45.5 Å². The molecule has 37 heavy (non-hydrogen) atoms. The Morgan fingerprint density at radius 2 is 1.65 bits per heavy atom. The number of carbonyl (C=O) groups excluding carboxylic acids is 2. The van der Waals surface area contributed by atoms with Crippen LogP contribution < -0.4 is 0 Å². The van der Waals surface area contributed by atoms with Crippen LogP contribution in [0, 0.1) is 0 Å². The number of piperidine rings is 1. The molecule has 0 radical (unpaired) electrons. The molecule has 2 saturated heterocycles. The first-order chi connectivity index (χ1) is 17.8. The van der Waals surface area contributed by atoms with Gasteiger partial charge in [-0.15, -0.1) is 5.10 Å². The van der Waals surface area contributed by atoms with E-state index in [4.69, 9.17) is 0 Å². The maximum absolute atomic E-state index is 13.0. The van der Waals surface area contributed by atoms with Crippen molar-refractivity contribution in [3.8, 4) is 0 Å². The molecule has 2 amide bonds. The van der Waals surface area contributed by atoms with Crippen LogP contribution in [0.5, 0.6) is 0 Å². The molecule has 2 fully saturated rings. The number of fused-ring (bicyclic) bond motifs is 1. The second-order valence-electron chi connectivity index (χ2n) is 9.90. The molecule has 0 spiro atoms. The van der Waals surface area contributed by atoms with Crippen LogP contribution in [0.4, 0.5) is 0 Å². The molecule has 0 bridgehead atoms. The number of rotatable bonds is 6. The van der Waals surface area contributed by atoms with E-state index < -0.39 is 9.84 Å². The van der Waals surface area contributed by atoms with Gasteiger partial charge in [-0.2, -0.15) is 0 Å². The maximum Gasteiger partial charge on any atom is 0.254 e. The van der Waals surface area contributed by atoms with E-state index in [0.29, 0.717) is 47.9 Å². The molecule has 1 N–H and O–H groups in total. The second kappa shape index (κ2) is 10.6. The number of carbonyl (C=O) groups is 2. The van der Waals surface area contributed by atoms with Gasteiger partial charge in [-0.3, -0.25) is 19.6 Å². The number of likely N-dealkylation sites (tertiary alicyclic amines) is 1. The summed E-state index contributed by atoms with van der Waals surface area (Å²) in [7, 11) is -3.21. The van der Waals surface area contributed by atoms with Gasteiger partial charge in [0.25, 0.3) is 5.91 Å². The Hall–Kier alpha value is -3.31. The summed E-state index contributed by atoms with van der Waals surface area (Å²) in [5.41, 5.74) is 3.10. The van der Waals surface area contributed by atoms with Gasteiger partial charge in [-0.1, -0.05) is 17.3 Å². The van der Waals surface area contributed by atoms with Crippen molar-refractivity contribution in [3.63, 3.8) is 0 Å². The summed E-state index contributed by atoms with van der Waals surface area (Å²) in [5.74, 6) is 0.168. The minimum absolute atomic E-state index is 0.0240. The molecule has 196 valence electrons. The molecular weight excluding hydrogens is 492 g/mol. The second-order valence-corrected chi connectivity index (χ2v) is 11.9. The average Bonchev–Trinajstić information content (AvgIpc) is 3.39. The van der Waals surface area contributed by atoms with Crippen molar-refractivity contribution in [2.24, 2.45) is 0 Å². The van der Waals surface area contributed by atoms with Crippen molar-refractivity contribution in [1.29, 1.82) is 0 Å². The van der Waals surface area contributed by atoms with Gasteiger partial charge in [-0.25, -0.2) is 8.42 Å². The summed E-state index contributed by atoms with van der Waals surface area (Å²) in [6.07, 6.45) is 4.08. The van der Waals surface area contributed by atoms with Crippen molar-refractivity contribution < 1.29 is 18.0 Å². The van der Waals surface area contributed by atoms with Gasteiger partial charge < -0.3 is 9.80 Å². The number of hydrogen-bond donors (Lipinski definition) is 1. The smallest absolute Gasteiger partial charge is 0.254 e. The quantitative estimate of drug-likeness (QED) is 0.522. The minimum Gasteiger partial charge on any atom is -0.343 e. The van der Waals surface area contributed by atoms with E-state index in [0.717, 1.165) is 50.1 Å². The van der Waals surface area contributed by atoms with E-state index >= 15 is 0 Å². The predicted octanol–water partition coefficient (Wildman–Crippen LogP) is 1.74. The number of aryl methyl sites for hydroxylation is 1. The molecule has 5 rings (SSSR count). The SMILES string of the molecule is CS(=O)(=O)c1ccc(CCC(=O)N2CCC(N3CCN(C(=O)c4ccc5[nH]nnc5c4)CC3)CC2)cc1. The molecule has 0 unspecified atom stereocenters. The van der Waals surface area contributed by atoms with Crippen LogP contribution in [0.25, 0.3) is 11.0 Å². The van der Waals surface area contributed by atoms with Crippen LogP contribution >= 0.6 is 0 Å². The normalized spacial score (nSPS) is 17.9. The summed E-state index contributed by atoms with van der Waals surface area (Å²) >= 11 is 0. The van der Waals surface area contributed by atoms with E-state index in [1.54, 1.807) is 30.3 Å². The number of H-pyrrole nitrogens is 1. The third-order valence-corrected chi connectivity index (χ3v) is 8.62. The van der Waals surface area contributed by atoms with Gasteiger partial charge in [0.05, 0.1) is 10.4 Å². The highest BCUT2D eigenvalue weighted by atomic mass is 32.2. The molecule has 2 aliphatic rings. The number of benzene rings is 2. The Morgan fingerprint density at radius 3 is 2.32 bits per heavy atom. The fraction of sp³-hybridized carbons (Fsp3) is 0.462. The summed E-state index contributed by atoms with van der Waals surface area (Å²) in [4.78, 5) is 32.3. The average molecular weight is 525 g/mol. The Morgan fingerprint density at radius 1 is 0.946 bits per heavy atom. The molecule has 0 atom stereocenters. The van der Waals surface area contributed by atoms with E-state index in [-0.39, 0.29) is 11.8 Å². The first-order valence-electron chi connectivity index (χ1n) is 12.7. The Balaban J connectivity index is 1.06. The topological polar surface area (TPSA) is 120 Å². The first kappa shape index (κ1) is 25.3. The number of amides is 2. The van der Waals surface area contributed by atoms with Crippen LogP contribution in [-0.4, -0.2) is 102 Å². The van der Waals surface area contributed by atoms with E-state index in [1.165, 1.54) is 6.26 Å². The first-order valence-corrected chi connectivity index (χ1v) is 14.6. The van der Waals surface area contributed by atoms with Crippen LogP contribution in [0.1, 0.15) is 35.2 Å². The Bertz CT molecular complexity index is 1370. The van der Waals surface area contributed by atoms with Gasteiger partial charge >= 0.3 is 0 Å². The zero-order chi connectivity index (χ0) is 26.0. The van der Waals surface area contributed by atoms with Gasteiger partial charge in [-0.05, 0) is 55.2 Å². The number of piperazine rings is 1. The Labute approximate surface area is 216 Å². The van der Waals surface area contributed by atoms with Gasteiger partial charge in [0.15, 0.2) is 9.84 Å². The number of nitrogens with one attached hydrogen (secondary N) is 1. The van der Waals surface area contributed by atoms with Crippen molar-refractivity contribution >= 4 is 32.7 Å². The lowest BCUT2D eigenvalue weighted by Gasteiger charge is -2.42. The molecule has 3 aromatic rings. The zero-order valence-electron chi connectivity index (χ0n) is 21.0. The summed E-state index contributed by atoms with van der Waals surface area (Å²) in [6.45, 7) is 4.53. The minimum atomic E-state index is -3.21. The van der Waals surface area contributed by atoms with Crippen molar-refractivity contribution in [1.82, 2.24) is 30.1 Å². The lowest BCUT2D eigenvalue weighted by molar-refractivity contribution is -0.132. The highest BCUT2D eigenvalue weighted by molar-refractivity contribution is 7.90. The van der Waals surface area contributed by atoms with E-state index in [9.17, 15) is 18.0 Å². The number of sulfone groups is 1. The molecule has 10 nitrogen and oxygen atoms in total. The fourth-order valence-corrected chi connectivity index (χ4v) is 5.87. The van der Waals surface area contributed by atoms with Crippen LogP contribution in [0.15, 0.2) is 47.4 Å². The van der Waals surface area contributed by atoms with Gasteiger partial charge in [0, 0.05) is 63.6 Å². The van der Waals surface area contributed by atoms with Crippen molar-refractivity contribution in [3.05, 3.63) is 53.6 Å². The molecule has 0 aliphatic carbocycles. The molecule has 3 heterocycles. The van der Waals surface area contributed by atoms with Crippen molar-refractivity contribution in [2.45, 2.75) is 36.6 Å². The van der Waals surface area contributed by atoms with Crippen LogP contribution in [0.3, 0.4) is 0 Å². The molecule has 11 heteroatoms. The molecule has 1 aromatic heterocycles. The zero-order valence-corrected chi connectivity index (χ0v) is 21.8. The largest absolute Gasteiger partial charge is 0.343 e. The fourth-order valence-electron chi connectivity index (χ4n) is 5.24. The molecular formula is C26H32N6O4S. The lowest BCUT2D eigenvalue weighted by atomic mass is 10.0. The third-order valence-electron chi connectivity index (χ3n) is 7.49. The Kier molecular flexibility index (Phi) is 7.25. The molecule has 0 saturated carbocycles. The van der Waals surface area contributed by atoms with E-state index in [1.807, 2.05) is 21.9 Å². The van der Waals surface area contributed by atoms with Gasteiger partial charge in [0.2, 0.25) is 5.91 Å². The maximum atomic E-state index is 13.0. The molecule has 2 aliphatic heterocycles.